The number of ether oxygens (including phenoxy) is 1. The Bertz CT molecular complexity index is 293. The molecule has 0 bridgehead atoms. The van der Waals surface area contributed by atoms with Crippen LogP contribution in [0.1, 0.15) is 23.0 Å². The van der Waals surface area contributed by atoms with Crippen molar-refractivity contribution < 1.29 is 4.74 Å². The zero-order chi connectivity index (χ0) is 10.0. The fourth-order valence-electron chi connectivity index (χ4n) is 1.59. The van der Waals surface area contributed by atoms with Crippen LogP contribution in [-0.2, 0) is 11.8 Å². The Balaban J connectivity index is 2.98. The van der Waals surface area contributed by atoms with Gasteiger partial charge in [-0.2, -0.15) is 5.10 Å². The minimum absolute atomic E-state index is 0.0706. The monoisotopic (exact) mass is 183 g/mol. The Morgan fingerprint density at radius 3 is 2.54 bits per heavy atom. The van der Waals surface area contributed by atoms with E-state index in [1.165, 1.54) is 0 Å². The maximum absolute atomic E-state index is 5.94. The summed E-state index contributed by atoms with van der Waals surface area (Å²) < 4.78 is 6.86. The van der Waals surface area contributed by atoms with Crippen molar-refractivity contribution in [2.24, 2.45) is 12.8 Å². The molecule has 4 nitrogen and oxygen atoms in total. The van der Waals surface area contributed by atoms with Crippen LogP contribution in [0.4, 0.5) is 0 Å². The predicted octanol–water partition coefficient (Wildman–Crippen LogP) is 0.683. The summed E-state index contributed by atoms with van der Waals surface area (Å²) in [6, 6.07) is -0.0706. The molecule has 1 aromatic heterocycles. The third-order valence-electron chi connectivity index (χ3n) is 2.28. The smallest absolute Gasteiger partial charge is 0.0656 e. The van der Waals surface area contributed by atoms with Crippen LogP contribution >= 0.6 is 0 Å². The van der Waals surface area contributed by atoms with Crippen LogP contribution in [0.25, 0.3) is 0 Å². The van der Waals surface area contributed by atoms with E-state index >= 15 is 0 Å². The normalized spacial score (nSPS) is 13.3. The van der Waals surface area contributed by atoms with Crippen LogP contribution in [-0.4, -0.2) is 23.5 Å². The fourth-order valence-corrected chi connectivity index (χ4v) is 1.59. The standard InChI is InChI=1S/C9H17N3O/c1-6-9(8(10)5-13-4)7(2)12(3)11-6/h8H,5,10H2,1-4H3. The molecule has 0 saturated heterocycles. The van der Waals surface area contributed by atoms with Gasteiger partial charge in [-0.3, -0.25) is 4.68 Å². The van der Waals surface area contributed by atoms with E-state index in [-0.39, 0.29) is 6.04 Å². The molecule has 4 heteroatoms. The summed E-state index contributed by atoms with van der Waals surface area (Å²) in [5.41, 5.74) is 9.15. The first-order valence-corrected chi connectivity index (χ1v) is 4.32. The van der Waals surface area contributed by atoms with Gasteiger partial charge >= 0.3 is 0 Å². The van der Waals surface area contributed by atoms with Gasteiger partial charge in [-0.1, -0.05) is 0 Å². The Morgan fingerprint density at radius 1 is 1.54 bits per heavy atom. The zero-order valence-corrected chi connectivity index (χ0v) is 8.66. The molecule has 0 aliphatic heterocycles. The number of hydrogen-bond acceptors (Lipinski definition) is 3. The lowest BCUT2D eigenvalue weighted by molar-refractivity contribution is 0.180. The average Bonchev–Trinajstić information content (AvgIpc) is 2.27. The van der Waals surface area contributed by atoms with Gasteiger partial charge in [0, 0.05) is 25.4 Å². The number of hydrogen-bond donors (Lipinski definition) is 1. The first kappa shape index (κ1) is 10.2. The van der Waals surface area contributed by atoms with E-state index in [2.05, 4.69) is 5.10 Å². The lowest BCUT2D eigenvalue weighted by Gasteiger charge is -2.10. The topological polar surface area (TPSA) is 53.1 Å². The van der Waals surface area contributed by atoms with Crippen LogP contribution < -0.4 is 5.73 Å². The van der Waals surface area contributed by atoms with Crippen LogP contribution in [0, 0.1) is 13.8 Å². The van der Waals surface area contributed by atoms with E-state index < -0.39 is 0 Å². The molecular formula is C9H17N3O. The summed E-state index contributed by atoms with van der Waals surface area (Å²) in [4.78, 5) is 0. The second-order valence-corrected chi connectivity index (χ2v) is 3.27. The highest BCUT2D eigenvalue weighted by molar-refractivity contribution is 5.27. The number of nitrogens with zero attached hydrogens (tertiary/aromatic N) is 2. The van der Waals surface area contributed by atoms with Crippen molar-refractivity contribution in [3.05, 3.63) is 17.0 Å². The molecule has 1 heterocycles. The average molecular weight is 183 g/mol. The summed E-state index contributed by atoms with van der Waals surface area (Å²) in [5.74, 6) is 0. The zero-order valence-electron chi connectivity index (χ0n) is 8.66. The number of aryl methyl sites for hydroxylation is 2. The maximum atomic E-state index is 5.94. The van der Waals surface area contributed by atoms with E-state index in [1.807, 2.05) is 25.6 Å². The third-order valence-corrected chi connectivity index (χ3v) is 2.28. The van der Waals surface area contributed by atoms with E-state index in [9.17, 15) is 0 Å². The number of aromatic nitrogens is 2. The molecule has 13 heavy (non-hydrogen) atoms. The van der Waals surface area contributed by atoms with Crippen molar-refractivity contribution in [2.45, 2.75) is 19.9 Å². The molecule has 0 aromatic carbocycles. The molecule has 0 aliphatic rings. The Kier molecular flexibility index (Phi) is 3.06. The third kappa shape index (κ3) is 1.89. The van der Waals surface area contributed by atoms with Gasteiger partial charge in [0.2, 0.25) is 0 Å². The van der Waals surface area contributed by atoms with Gasteiger partial charge in [0.15, 0.2) is 0 Å². The summed E-state index contributed by atoms with van der Waals surface area (Å²) in [6.07, 6.45) is 0. The molecule has 0 amide bonds. The first-order chi connectivity index (χ1) is 6.07. The molecule has 0 radical (unpaired) electrons. The predicted molar refractivity (Wildman–Crippen MR) is 51.5 cm³/mol. The Hall–Kier alpha value is -0.870. The molecule has 0 spiro atoms. The Morgan fingerprint density at radius 2 is 2.15 bits per heavy atom. The maximum Gasteiger partial charge on any atom is 0.0656 e. The van der Waals surface area contributed by atoms with E-state index in [1.54, 1.807) is 7.11 Å². The molecular weight excluding hydrogens is 166 g/mol. The van der Waals surface area contributed by atoms with E-state index in [0.29, 0.717) is 6.61 Å². The lowest BCUT2D eigenvalue weighted by Crippen LogP contribution is -2.17. The minimum Gasteiger partial charge on any atom is -0.383 e. The molecule has 74 valence electrons. The molecule has 1 aromatic rings. The number of methoxy groups -OCH3 is 1. The van der Waals surface area contributed by atoms with Crippen LogP contribution in [0.2, 0.25) is 0 Å². The molecule has 0 saturated carbocycles. The molecule has 1 atom stereocenters. The lowest BCUT2D eigenvalue weighted by atomic mass is 10.1. The van der Waals surface area contributed by atoms with Crippen molar-refractivity contribution in [3.8, 4) is 0 Å². The van der Waals surface area contributed by atoms with Crippen LogP contribution in [0.3, 0.4) is 0 Å². The fraction of sp³-hybridized carbons (Fsp3) is 0.667. The van der Waals surface area contributed by atoms with Crippen molar-refractivity contribution in [2.75, 3.05) is 13.7 Å². The number of nitrogens with two attached hydrogens (primary N) is 1. The highest BCUT2D eigenvalue weighted by Crippen LogP contribution is 2.18. The minimum atomic E-state index is -0.0706. The van der Waals surface area contributed by atoms with Crippen molar-refractivity contribution in [3.63, 3.8) is 0 Å². The SMILES string of the molecule is COCC(N)c1c(C)nn(C)c1C. The number of rotatable bonds is 3. The van der Waals surface area contributed by atoms with Crippen molar-refractivity contribution in [1.29, 1.82) is 0 Å². The van der Waals surface area contributed by atoms with E-state index in [4.69, 9.17) is 10.5 Å². The van der Waals surface area contributed by atoms with E-state index in [0.717, 1.165) is 17.0 Å². The molecule has 0 fully saturated rings. The van der Waals surface area contributed by atoms with Crippen LogP contribution in [0.15, 0.2) is 0 Å². The molecule has 1 unspecified atom stereocenters. The first-order valence-electron chi connectivity index (χ1n) is 4.32. The molecule has 2 N–H and O–H groups in total. The molecule has 1 rings (SSSR count). The summed E-state index contributed by atoms with van der Waals surface area (Å²) >= 11 is 0. The van der Waals surface area contributed by atoms with Gasteiger partial charge in [0.1, 0.15) is 0 Å². The van der Waals surface area contributed by atoms with Gasteiger partial charge in [-0.05, 0) is 13.8 Å². The highest BCUT2D eigenvalue weighted by atomic mass is 16.5. The van der Waals surface area contributed by atoms with Crippen molar-refractivity contribution >= 4 is 0 Å². The van der Waals surface area contributed by atoms with Crippen molar-refractivity contribution in [1.82, 2.24) is 9.78 Å². The molecule has 0 aliphatic carbocycles. The second-order valence-electron chi connectivity index (χ2n) is 3.27. The van der Waals surface area contributed by atoms with Crippen LogP contribution in [0.5, 0.6) is 0 Å². The largest absolute Gasteiger partial charge is 0.383 e. The van der Waals surface area contributed by atoms with Gasteiger partial charge in [0.05, 0.1) is 18.3 Å². The van der Waals surface area contributed by atoms with Gasteiger partial charge in [-0.25, -0.2) is 0 Å². The van der Waals surface area contributed by atoms with Gasteiger partial charge in [-0.15, -0.1) is 0 Å². The summed E-state index contributed by atoms with van der Waals surface area (Å²) in [7, 11) is 3.58. The van der Waals surface area contributed by atoms with Gasteiger partial charge < -0.3 is 10.5 Å². The highest BCUT2D eigenvalue weighted by Gasteiger charge is 2.15. The summed E-state index contributed by atoms with van der Waals surface area (Å²) in [6.45, 7) is 4.52. The quantitative estimate of drug-likeness (QED) is 0.750. The Labute approximate surface area is 78.7 Å². The second kappa shape index (κ2) is 3.89. The summed E-state index contributed by atoms with van der Waals surface area (Å²) in [5, 5.41) is 4.30. The van der Waals surface area contributed by atoms with Gasteiger partial charge in [0.25, 0.3) is 0 Å².